The van der Waals surface area contributed by atoms with Crippen molar-refractivity contribution in [2.24, 2.45) is 0 Å². The van der Waals surface area contributed by atoms with E-state index >= 15 is 0 Å². The summed E-state index contributed by atoms with van der Waals surface area (Å²) in [4.78, 5) is 7.50. The number of para-hydroxylation sites is 2. The largest absolute Gasteiger partial charge is 0.341 e. The molecule has 3 rings (SSSR count). The van der Waals surface area contributed by atoms with Crippen molar-refractivity contribution in [3.63, 3.8) is 0 Å². The van der Waals surface area contributed by atoms with Crippen LogP contribution in [0.5, 0.6) is 0 Å². The third-order valence-electron chi connectivity index (χ3n) is 2.96. The van der Waals surface area contributed by atoms with Gasteiger partial charge in [-0.05, 0) is 31.2 Å². The molecule has 21 heavy (non-hydrogen) atoms. The summed E-state index contributed by atoms with van der Waals surface area (Å²) in [6, 6.07) is 10.1. The second kappa shape index (κ2) is 5.42. The summed E-state index contributed by atoms with van der Waals surface area (Å²) in [6.45, 7) is 1.74. The summed E-state index contributed by atoms with van der Waals surface area (Å²) in [5, 5.41) is 0. The maximum Gasteiger partial charge on any atom is 0.250 e. The number of hydrogen-bond donors (Lipinski definition) is 2. The molecule has 0 saturated heterocycles. The molecule has 2 aromatic heterocycles. The molecule has 1 atom stereocenters. The van der Waals surface area contributed by atoms with Crippen molar-refractivity contribution in [3.05, 3.63) is 46.6 Å². The summed E-state index contributed by atoms with van der Waals surface area (Å²) < 4.78 is 27.7. The lowest BCUT2D eigenvalue weighted by Gasteiger charge is -2.10. The second-order valence-electron chi connectivity index (χ2n) is 4.54. The minimum absolute atomic E-state index is 0.190. The van der Waals surface area contributed by atoms with Gasteiger partial charge in [0, 0.05) is 0 Å². The molecule has 0 aliphatic carbocycles. The highest BCUT2D eigenvalue weighted by atomic mass is 35.5. The predicted octanol–water partition coefficient (Wildman–Crippen LogP) is 3.32. The van der Waals surface area contributed by atoms with Gasteiger partial charge in [0.15, 0.2) is 0 Å². The number of rotatable bonds is 4. The maximum atomic E-state index is 12.2. The fourth-order valence-corrected chi connectivity index (χ4v) is 4.67. The third-order valence-corrected chi connectivity index (χ3v) is 6.23. The molecule has 0 aliphatic rings. The van der Waals surface area contributed by atoms with E-state index in [0.29, 0.717) is 10.2 Å². The van der Waals surface area contributed by atoms with Gasteiger partial charge in [0.2, 0.25) is 0 Å². The molecule has 1 unspecified atom stereocenters. The number of nitrogens with one attached hydrogen (secondary N) is 2. The van der Waals surface area contributed by atoms with E-state index in [1.807, 2.05) is 24.3 Å². The SMILES string of the molecule is CC(NS(=O)(=O)c1ccc(Cl)s1)c1nc2ccccc2[nH]1. The van der Waals surface area contributed by atoms with Gasteiger partial charge in [-0.1, -0.05) is 23.7 Å². The Morgan fingerprint density at radius 3 is 2.71 bits per heavy atom. The molecule has 110 valence electrons. The van der Waals surface area contributed by atoms with Gasteiger partial charge in [0.25, 0.3) is 10.0 Å². The highest BCUT2D eigenvalue weighted by molar-refractivity contribution is 7.91. The number of aromatic nitrogens is 2. The van der Waals surface area contributed by atoms with E-state index in [4.69, 9.17) is 11.6 Å². The molecule has 0 bridgehead atoms. The van der Waals surface area contributed by atoms with Gasteiger partial charge in [-0.3, -0.25) is 0 Å². The Balaban J connectivity index is 1.87. The number of aromatic amines is 1. The van der Waals surface area contributed by atoms with Crippen molar-refractivity contribution in [3.8, 4) is 0 Å². The number of thiophene rings is 1. The Hall–Kier alpha value is -1.41. The van der Waals surface area contributed by atoms with Crippen molar-refractivity contribution in [1.82, 2.24) is 14.7 Å². The van der Waals surface area contributed by atoms with Crippen LogP contribution in [0, 0.1) is 0 Å². The molecule has 0 radical (unpaired) electrons. The van der Waals surface area contributed by atoms with Crippen molar-refractivity contribution >= 4 is 44.0 Å². The van der Waals surface area contributed by atoms with Crippen LogP contribution in [0.25, 0.3) is 11.0 Å². The van der Waals surface area contributed by atoms with Crippen LogP contribution in [-0.4, -0.2) is 18.4 Å². The first-order chi connectivity index (χ1) is 9.95. The molecule has 0 spiro atoms. The monoisotopic (exact) mass is 341 g/mol. The number of imidazole rings is 1. The molecule has 0 fully saturated rings. The highest BCUT2D eigenvalue weighted by Gasteiger charge is 2.22. The van der Waals surface area contributed by atoms with E-state index in [0.717, 1.165) is 22.4 Å². The van der Waals surface area contributed by atoms with Crippen LogP contribution in [0.15, 0.2) is 40.6 Å². The Morgan fingerprint density at radius 1 is 1.29 bits per heavy atom. The van der Waals surface area contributed by atoms with Gasteiger partial charge in [-0.25, -0.2) is 18.1 Å². The van der Waals surface area contributed by atoms with Crippen molar-refractivity contribution in [2.75, 3.05) is 0 Å². The number of halogens is 1. The molecule has 2 N–H and O–H groups in total. The van der Waals surface area contributed by atoms with Crippen LogP contribution in [0.3, 0.4) is 0 Å². The van der Waals surface area contributed by atoms with Crippen LogP contribution in [0.1, 0.15) is 18.8 Å². The molecule has 8 heteroatoms. The minimum Gasteiger partial charge on any atom is -0.341 e. The van der Waals surface area contributed by atoms with E-state index in [1.165, 1.54) is 6.07 Å². The predicted molar refractivity (Wildman–Crippen MR) is 84.2 cm³/mol. The lowest BCUT2D eigenvalue weighted by Crippen LogP contribution is -2.26. The number of sulfonamides is 1. The molecule has 0 saturated carbocycles. The quantitative estimate of drug-likeness (QED) is 0.764. The average Bonchev–Trinajstić information content (AvgIpc) is 3.04. The molecule has 2 heterocycles. The summed E-state index contributed by atoms with van der Waals surface area (Å²) in [6.07, 6.45) is 0. The maximum absolute atomic E-state index is 12.2. The van der Waals surface area contributed by atoms with Crippen LogP contribution in [0.2, 0.25) is 4.34 Å². The molecule has 0 aliphatic heterocycles. The zero-order valence-electron chi connectivity index (χ0n) is 11.0. The van der Waals surface area contributed by atoms with Gasteiger partial charge in [-0.2, -0.15) is 0 Å². The molecule has 0 amide bonds. The van der Waals surface area contributed by atoms with E-state index in [9.17, 15) is 8.42 Å². The van der Waals surface area contributed by atoms with Crippen molar-refractivity contribution in [2.45, 2.75) is 17.2 Å². The number of benzene rings is 1. The zero-order valence-corrected chi connectivity index (χ0v) is 13.4. The Labute approximate surface area is 131 Å². The van der Waals surface area contributed by atoms with Gasteiger partial charge in [-0.15, -0.1) is 11.3 Å². The number of fused-ring (bicyclic) bond motifs is 1. The smallest absolute Gasteiger partial charge is 0.250 e. The topological polar surface area (TPSA) is 74.8 Å². The standard InChI is InChI=1S/C13H12ClN3O2S2/c1-8(13-15-9-4-2-3-5-10(9)16-13)17-21(18,19)12-7-6-11(14)20-12/h2-8,17H,1H3,(H,15,16). The van der Waals surface area contributed by atoms with Crippen LogP contribution in [-0.2, 0) is 10.0 Å². The lowest BCUT2D eigenvalue weighted by molar-refractivity contribution is 0.563. The minimum atomic E-state index is -3.60. The fourth-order valence-electron chi connectivity index (χ4n) is 1.97. The van der Waals surface area contributed by atoms with Gasteiger partial charge in [0.1, 0.15) is 10.0 Å². The van der Waals surface area contributed by atoms with Crippen molar-refractivity contribution < 1.29 is 8.42 Å². The van der Waals surface area contributed by atoms with Crippen LogP contribution < -0.4 is 4.72 Å². The first-order valence-electron chi connectivity index (χ1n) is 6.18. The van der Waals surface area contributed by atoms with Crippen LogP contribution >= 0.6 is 22.9 Å². The summed E-state index contributed by atoms with van der Waals surface area (Å²) in [7, 11) is -3.60. The van der Waals surface area contributed by atoms with E-state index in [2.05, 4.69) is 14.7 Å². The molecule has 1 aromatic carbocycles. The Kier molecular flexibility index (Phi) is 3.75. The summed E-state index contributed by atoms with van der Waals surface area (Å²) in [5.41, 5.74) is 1.68. The van der Waals surface area contributed by atoms with Gasteiger partial charge < -0.3 is 4.98 Å². The van der Waals surface area contributed by atoms with E-state index in [-0.39, 0.29) is 4.21 Å². The third kappa shape index (κ3) is 2.96. The second-order valence-corrected chi connectivity index (χ2v) is 8.20. The zero-order chi connectivity index (χ0) is 15.0. The Morgan fingerprint density at radius 2 is 2.05 bits per heavy atom. The van der Waals surface area contributed by atoms with Crippen molar-refractivity contribution in [1.29, 1.82) is 0 Å². The number of hydrogen-bond acceptors (Lipinski definition) is 4. The lowest BCUT2D eigenvalue weighted by atomic mass is 10.3. The first-order valence-corrected chi connectivity index (χ1v) is 8.86. The van der Waals surface area contributed by atoms with Crippen LogP contribution in [0.4, 0.5) is 0 Å². The fraction of sp³-hybridized carbons (Fsp3) is 0.154. The number of nitrogens with zero attached hydrogens (tertiary/aromatic N) is 1. The summed E-state index contributed by atoms with van der Waals surface area (Å²) in [5.74, 6) is 0.572. The van der Waals surface area contributed by atoms with Gasteiger partial charge in [0.05, 0.1) is 21.4 Å². The van der Waals surface area contributed by atoms with Gasteiger partial charge >= 0.3 is 0 Å². The molecule has 3 aromatic rings. The summed E-state index contributed by atoms with van der Waals surface area (Å²) >= 11 is 6.80. The van der Waals surface area contributed by atoms with E-state index < -0.39 is 16.1 Å². The first kappa shape index (κ1) is 14.5. The molecular weight excluding hydrogens is 330 g/mol. The highest BCUT2D eigenvalue weighted by Crippen LogP contribution is 2.26. The van der Waals surface area contributed by atoms with E-state index in [1.54, 1.807) is 13.0 Å². The molecule has 5 nitrogen and oxygen atoms in total. The Bertz CT molecular complexity index is 853. The normalized spacial score (nSPS) is 13.6. The molecular formula is C13H12ClN3O2S2. The average molecular weight is 342 g/mol. The number of H-pyrrole nitrogens is 1.